The maximum Gasteiger partial charge on any atom is 0.261 e. The van der Waals surface area contributed by atoms with Gasteiger partial charge in [-0.1, -0.05) is 48.0 Å². The first kappa shape index (κ1) is 22.8. The van der Waals surface area contributed by atoms with E-state index in [0.29, 0.717) is 29.5 Å². The Balaban J connectivity index is 1.41. The third kappa shape index (κ3) is 5.71. The Hall–Kier alpha value is -3.36. The molecule has 1 heterocycles. The third-order valence-electron chi connectivity index (χ3n) is 5.31. The Kier molecular flexibility index (Phi) is 6.67. The lowest BCUT2D eigenvalue weighted by Crippen LogP contribution is -2.28. The second-order valence-corrected chi connectivity index (χ2v) is 9.91. The van der Waals surface area contributed by atoms with Gasteiger partial charge in [0.05, 0.1) is 10.8 Å². The fourth-order valence-corrected chi connectivity index (χ4v) is 4.85. The molecule has 0 radical (unpaired) electrons. The summed E-state index contributed by atoms with van der Waals surface area (Å²) in [6, 6.07) is 21.9. The van der Waals surface area contributed by atoms with Crippen molar-refractivity contribution in [1.29, 1.82) is 0 Å². The molecule has 0 aliphatic carbocycles. The van der Waals surface area contributed by atoms with Gasteiger partial charge in [0.1, 0.15) is 0 Å². The van der Waals surface area contributed by atoms with Gasteiger partial charge in [0, 0.05) is 35.9 Å². The summed E-state index contributed by atoms with van der Waals surface area (Å²) in [6.07, 6.45) is 0.120. The highest BCUT2D eigenvalue weighted by Gasteiger charge is 2.34. The minimum atomic E-state index is -3.86. The average molecular weight is 484 g/mol. The van der Waals surface area contributed by atoms with Crippen molar-refractivity contribution in [1.82, 2.24) is 4.90 Å². The number of carbonyl (C=O) groups is 2. The van der Waals surface area contributed by atoms with Crippen LogP contribution in [0.3, 0.4) is 0 Å². The molecule has 9 heteroatoms. The summed E-state index contributed by atoms with van der Waals surface area (Å²) in [5.41, 5.74) is 1.71. The summed E-state index contributed by atoms with van der Waals surface area (Å²) in [5.74, 6) is -0.907. The fraction of sp³-hybridized carbons (Fsp3) is 0.167. The SMILES string of the molecule is O=C(Nc1cccc(S(=O)(=O)Nc2ccc(Cl)cc2)c1)C1CC(=O)N(Cc2ccccc2)C1. The number of nitrogens with zero attached hydrogens (tertiary/aromatic N) is 1. The first-order valence-corrected chi connectivity index (χ1v) is 12.2. The van der Waals surface area contributed by atoms with Crippen LogP contribution in [-0.2, 0) is 26.2 Å². The fourth-order valence-electron chi connectivity index (χ4n) is 3.62. The lowest BCUT2D eigenvalue weighted by molar-refractivity contribution is -0.128. The number of sulfonamides is 1. The summed E-state index contributed by atoms with van der Waals surface area (Å²) in [4.78, 5) is 26.8. The van der Waals surface area contributed by atoms with Gasteiger partial charge in [-0.25, -0.2) is 8.42 Å². The van der Waals surface area contributed by atoms with E-state index in [4.69, 9.17) is 11.6 Å². The highest BCUT2D eigenvalue weighted by molar-refractivity contribution is 7.92. The minimum absolute atomic E-state index is 0.00320. The lowest BCUT2D eigenvalue weighted by Gasteiger charge is -2.17. The van der Waals surface area contributed by atoms with Gasteiger partial charge in [-0.15, -0.1) is 0 Å². The van der Waals surface area contributed by atoms with Crippen molar-refractivity contribution < 1.29 is 18.0 Å². The zero-order valence-electron chi connectivity index (χ0n) is 17.6. The smallest absolute Gasteiger partial charge is 0.261 e. The predicted molar refractivity (Wildman–Crippen MR) is 127 cm³/mol. The Bertz CT molecular complexity index is 1260. The van der Waals surface area contributed by atoms with E-state index in [1.165, 1.54) is 12.1 Å². The monoisotopic (exact) mass is 483 g/mol. The number of rotatable bonds is 7. The van der Waals surface area contributed by atoms with E-state index in [-0.39, 0.29) is 23.1 Å². The summed E-state index contributed by atoms with van der Waals surface area (Å²) >= 11 is 5.84. The van der Waals surface area contributed by atoms with Crippen molar-refractivity contribution in [2.45, 2.75) is 17.9 Å². The van der Waals surface area contributed by atoms with Crippen LogP contribution in [0.1, 0.15) is 12.0 Å². The van der Waals surface area contributed by atoms with Crippen LogP contribution in [-0.4, -0.2) is 31.7 Å². The van der Waals surface area contributed by atoms with Crippen LogP contribution < -0.4 is 10.0 Å². The molecular weight excluding hydrogens is 462 g/mol. The minimum Gasteiger partial charge on any atom is -0.338 e. The van der Waals surface area contributed by atoms with Crippen LogP contribution in [0.5, 0.6) is 0 Å². The number of amides is 2. The van der Waals surface area contributed by atoms with E-state index in [0.717, 1.165) is 5.56 Å². The van der Waals surface area contributed by atoms with Gasteiger partial charge in [-0.3, -0.25) is 14.3 Å². The van der Waals surface area contributed by atoms with E-state index >= 15 is 0 Å². The molecule has 33 heavy (non-hydrogen) atoms. The molecule has 1 aliphatic heterocycles. The highest BCUT2D eigenvalue weighted by Crippen LogP contribution is 2.24. The molecule has 4 rings (SSSR count). The van der Waals surface area contributed by atoms with Gasteiger partial charge < -0.3 is 10.2 Å². The van der Waals surface area contributed by atoms with Crippen LogP contribution in [0, 0.1) is 5.92 Å². The molecule has 2 amide bonds. The molecule has 3 aromatic rings. The standard InChI is InChI=1S/C24H22ClN3O4S/c25-19-9-11-20(12-10-19)27-33(31,32)22-8-4-7-21(14-22)26-24(30)18-13-23(29)28(16-18)15-17-5-2-1-3-6-17/h1-12,14,18,27H,13,15-16H2,(H,26,30). The van der Waals surface area contributed by atoms with E-state index in [9.17, 15) is 18.0 Å². The van der Waals surface area contributed by atoms with E-state index in [2.05, 4.69) is 10.0 Å². The van der Waals surface area contributed by atoms with Crippen LogP contribution in [0.15, 0.2) is 83.8 Å². The van der Waals surface area contributed by atoms with Crippen LogP contribution in [0.25, 0.3) is 0 Å². The first-order chi connectivity index (χ1) is 15.8. The second-order valence-electron chi connectivity index (χ2n) is 7.79. The van der Waals surface area contributed by atoms with Gasteiger partial charge in [0.15, 0.2) is 0 Å². The maximum atomic E-state index is 12.8. The van der Waals surface area contributed by atoms with Crippen LogP contribution in [0.4, 0.5) is 11.4 Å². The molecule has 0 spiro atoms. The summed E-state index contributed by atoms with van der Waals surface area (Å²) in [5, 5.41) is 3.24. The third-order valence-corrected chi connectivity index (χ3v) is 6.94. The van der Waals surface area contributed by atoms with Gasteiger partial charge in [0.25, 0.3) is 10.0 Å². The summed E-state index contributed by atoms with van der Waals surface area (Å²) in [7, 11) is -3.86. The number of hydrogen-bond donors (Lipinski definition) is 2. The molecule has 1 unspecified atom stereocenters. The quantitative estimate of drug-likeness (QED) is 0.528. The number of anilines is 2. The highest BCUT2D eigenvalue weighted by atomic mass is 35.5. The molecule has 3 aromatic carbocycles. The Labute approximate surface area is 197 Å². The van der Waals surface area contributed by atoms with Crippen LogP contribution >= 0.6 is 11.6 Å². The maximum absolute atomic E-state index is 12.8. The van der Waals surface area contributed by atoms with Crippen molar-refractivity contribution in [2.75, 3.05) is 16.6 Å². The van der Waals surface area contributed by atoms with Crippen molar-refractivity contribution >= 4 is 44.8 Å². The molecule has 0 bridgehead atoms. The van der Waals surface area contributed by atoms with Crippen molar-refractivity contribution in [3.05, 3.63) is 89.4 Å². The van der Waals surface area contributed by atoms with Gasteiger partial charge in [-0.2, -0.15) is 0 Å². The Morgan fingerprint density at radius 2 is 1.70 bits per heavy atom. The largest absolute Gasteiger partial charge is 0.338 e. The van der Waals surface area contributed by atoms with Crippen molar-refractivity contribution in [2.24, 2.45) is 5.92 Å². The molecule has 1 fully saturated rings. The molecule has 1 aliphatic rings. The molecule has 0 aromatic heterocycles. The number of hydrogen-bond acceptors (Lipinski definition) is 4. The summed E-state index contributed by atoms with van der Waals surface area (Å²) < 4.78 is 27.9. The number of halogens is 1. The predicted octanol–water partition coefficient (Wildman–Crippen LogP) is 4.13. The first-order valence-electron chi connectivity index (χ1n) is 10.3. The molecule has 2 N–H and O–H groups in total. The Morgan fingerprint density at radius 3 is 2.42 bits per heavy atom. The molecule has 0 saturated carbocycles. The second kappa shape index (κ2) is 9.64. The number of likely N-dealkylation sites (tertiary alicyclic amines) is 1. The average Bonchev–Trinajstić information content (AvgIpc) is 3.16. The molecule has 170 valence electrons. The van der Waals surface area contributed by atoms with Crippen molar-refractivity contribution in [3.63, 3.8) is 0 Å². The van der Waals surface area contributed by atoms with E-state index in [1.807, 2.05) is 30.3 Å². The van der Waals surface area contributed by atoms with Gasteiger partial charge in [-0.05, 0) is 48.0 Å². The molecule has 1 atom stereocenters. The van der Waals surface area contributed by atoms with Gasteiger partial charge in [0.2, 0.25) is 11.8 Å². The van der Waals surface area contributed by atoms with Crippen molar-refractivity contribution in [3.8, 4) is 0 Å². The normalized spacial score (nSPS) is 16.0. The van der Waals surface area contributed by atoms with E-state index in [1.54, 1.807) is 41.3 Å². The van der Waals surface area contributed by atoms with Crippen LogP contribution in [0.2, 0.25) is 5.02 Å². The zero-order valence-corrected chi connectivity index (χ0v) is 19.1. The molecular formula is C24H22ClN3O4S. The number of benzene rings is 3. The van der Waals surface area contributed by atoms with E-state index < -0.39 is 15.9 Å². The topological polar surface area (TPSA) is 95.6 Å². The molecule has 1 saturated heterocycles. The number of nitrogens with one attached hydrogen (secondary N) is 2. The van der Waals surface area contributed by atoms with Gasteiger partial charge >= 0.3 is 0 Å². The molecule has 7 nitrogen and oxygen atoms in total. The Morgan fingerprint density at radius 1 is 0.970 bits per heavy atom. The zero-order chi connectivity index (χ0) is 23.4. The summed E-state index contributed by atoms with van der Waals surface area (Å²) in [6.45, 7) is 0.767. The number of carbonyl (C=O) groups excluding carboxylic acids is 2. The lowest BCUT2D eigenvalue weighted by atomic mass is 10.1.